The van der Waals surface area contributed by atoms with E-state index in [9.17, 15) is 4.79 Å². The molecule has 2 aromatic carbocycles. The summed E-state index contributed by atoms with van der Waals surface area (Å²) in [6, 6.07) is 21.1. The van der Waals surface area contributed by atoms with Gasteiger partial charge in [-0.1, -0.05) is 59.8 Å². The summed E-state index contributed by atoms with van der Waals surface area (Å²) >= 11 is 0. The average molecular weight is 421 g/mol. The third kappa shape index (κ3) is 3.60. The fourth-order valence-electron chi connectivity index (χ4n) is 3.64. The van der Waals surface area contributed by atoms with Crippen molar-refractivity contribution in [2.45, 2.75) is 13.0 Å². The van der Waals surface area contributed by atoms with Crippen LogP contribution in [0.3, 0.4) is 0 Å². The quantitative estimate of drug-likeness (QED) is 0.355. The van der Waals surface area contributed by atoms with Crippen molar-refractivity contribution in [2.75, 3.05) is 0 Å². The number of carbonyl (C=O) groups is 1. The normalized spacial score (nSPS) is 11.9. The maximum Gasteiger partial charge on any atom is 0.262 e. The van der Waals surface area contributed by atoms with Gasteiger partial charge < -0.3 is 4.52 Å². The lowest BCUT2D eigenvalue weighted by molar-refractivity contribution is 0.112. The molecule has 0 saturated carbocycles. The van der Waals surface area contributed by atoms with E-state index in [4.69, 9.17) is 4.52 Å². The van der Waals surface area contributed by atoms with Crippen LogP contribution in [-0.2, 0) is 0 Å². The van der Waals surface area contributed by atoms with Crippen LogP contribution in [-0.4, -0.2) is 31.2 Å². The number of aromatic nitrogens is 5. The molecule has 0 radical (unpaired) electrons. The highest BCUT2D eigenvalue weighted by Gasteiger charge is 2.23. The van der Waals surface area contributed by atoms with Gasteiger partial charge >= 0.3 is 0 Å². The van der Waals surface area contributed by atoms with E-state index in [0.29, 0.717) is 17.3 Å². The van der Waals surface area contributed by atoms with Gasteiger partial charge in [0.1, 0.15) is 6.29 Å². The van der Waals surface area contributed by atoms with Gasteiger partial charge in [-0.3, -0.25) is 14.5 Å². The summed E-state index contributed by atoms with van der Waals surface area (Å²) in [7, 11) is 0. The van der Waals surface area contributed by atoms with E-state index in [0.717, 1.165) is 34.2 Å². The highest BCUT2D eigenvalue weighted by atomic mass is 16.5. The molecule has 1 atom stereocenters. The minimum Gasteiger partial charge on any atom is -0.333 e. The summed E-state index contributed by atoms with van der Waals surface area (Å²) in [6.45, 7) is 2.10. The average Bonchev–Trinajstić information content (AvgIpc) is 3.52. The molecule has 32 heavy (non-hydrogen) atoms. The predicted octanol–water partition coefficient (Wildman–Crippen LogP) is 5.08. The van der Waals surface area contributed by atoms with Crippen molar-refractivity contribution in [3.63, 3.8) is 0 Å². The Labute approximate surface area is 184 Å². The standard InChI is InChI=1S/C25H19N5O2/c1-17(19-5-3-2-4-6-19)30-23(20-11-13-26-14-12-20)22(15-27-30)25-28-24(29-32-25)21-9-7-18(16-31)8-10-21/h2-17H,1H3. The number of hydrogen-bond donors (Lipinski definition) is 0. The van der Waals surface area contributed by atoms with Gasteiger partial charge in [-0.25, -0.2) is 0 Å². The molecule has 5 rings (SSSR count). The summed E-state index contributed by atoms with van der Waals surface area (Å²) in [5.74, 6) is 0.819. The predicted molar refractivity (Wildman–Crippen MR) is 120 cm³/mol. The Bertz CT molecular complexity index is 1340. The molecule has 0 bridgehead atoms. The molecule has 0 aliphatic rings. The van der Waals surface area contributed by atoms with Crippen LogP contribution < -0.4 is 0 Å². The number of pyridine rings is 1. The Morgan fingerprint density at radius 3 is 2.41 bits per heavy atom. The first-order valence-electron chi connectivity index (χ1n) is 10.2. The van der Waals surface area contributed by atoms with Crippen LogP contribution >= 0.6 is 0 Å². The molecule has 3 heterocycles. The molecule has 156 valence electrons. The third-order valence-electron chi connectivity index (χ3n) is 5.36. The zero-order chi connectivity index (χ0) is 21.9. The topological polar surface area (TPSA) is 86.7 Å². The Kier molecular flexibility index (Phi) is 5.13. The van der Waals surface area contributed by atoms with Crippen LogP contribution in [0.25, 0.3) is 34.1 Å². The summed E-state index contributed by atoms with van der Waals surface area (Å²) in [6.07, 6.45) is 6.05. The van der Waals surface area contributed by atoms with Gasteiger partial charge in [-0.15, -0.1) is 0 Å². The van der Waals surface area contributed by atoms with Crippen molar-refractivity contribution in [2.24, 2.45) is 0 Å². The van der Waals surface area contributed by atoms with Gasteiger partial charge in [0, 0.05) is 29.1 Å². The number of hydrogen-bond acceptors (Lipinski definition) is 6. The second-order valence-corrected chi connectivity index (χ2v) is 7.34. The lowest BCUT2D eigenvalue weighted by Crippen LogP contribution is -2.10. The Morgan fingerprint density at radius 2 is 1.69 bits per heavy atom. The Hall–Kier alpha value is -4.39. The number of nitrogens with zero attached hydrogens (tertiary/aromatic N) is 5. The molecule has 1 unspecified atom stereocenters. The summed E-state index contributed by atoms with van der Waals surface area (Å²) < 4.78 is 7.58. The van der Waals surface area contributed by atoms with E-state index in [1.54, 1.807) is 42.9 Å². The van der Waals surface area contributed by atoms with Crippen molar-refractivity contribution < 1.29 is 9.32 Å². The minimum absolute atomic E-state index is 0.00797. The highest BCUT2D eigenvalue weighted by molar-refractivity contribution is 5.78. The first-order valence-corrected chi connectivity index (χ1v) is 10.2. The molecule has 0 amide bonds. The van der Waals surface area contributed by atoms with Gasteiger partial charge in [-0.2, -0.15) is 10.1 Å². The van der Waals surface area contributed by atoms with Gasteiger partial charge in [0.05, 0.1) is 23.5 Å². The van der Waals surface area contributed by atoms with E-state index in [2.05, 4.69) is 39.3 Å². The zero-order valence-electron chi connectivity index (χ0n) is 17.3. The van der Waals surface area contributed by atoms with Gasteiger partial charge in [-0.05, 0) is 24.6 Å². The third-order valence-corrected chi connectivity index (χ3v) is 5.36. The van der Waals surface area contributed by atoms with Gasteiger partial charge in [0.2, 0.25) is 5.82 Å². The van der Waals surface area contributed by atoms with Crippen LogP contribution in [0.2, 0.25) is 0 Å². The fourth-order valence-corrected chi connectivity index (χ4v) is 3.64. The Balaban J connectivity index is 1.60. The molecular weight excluding hydrogens is 402 g/mol. The van der Waals surface area contributed by atoms with E-state index in [1.165, 1.54) is 0 Å². The van der Waals surface area contributed by atoms with E-state index in [-0.39, 0.29) is 6.04 Å². The van der Waals surface area contributed by atoms with Crippen LogP contribution in [0.4, 0.5) is 0 Å². The smallest absolute Gasteiger partial charge is 0.262 e. The van der Waals surface area contributed by atoms with Crippen LogP contribution in [0, 0.1) is 0 Å². The van der Waals surface area contributed by atoms with Gasteiger partial charge in [0.15, 0.2) is 0 Å². The molecule has 0 aliphatic carbocycles. The SMILES string of the molecule is CC(c1ccccc1)n1ncc(-c2nc(-c3ccc(C=O)cc3)no2)c1-c1ccncc1. The summed E-state index contributed by atoms with van der Waals surface area (Å²) in [5.41, 5.74) is 5.05. The van der Waals surface area contributed by atoms with Crippen LogP contribution in [0.15, 0.2) is 89.8 Å². The first-order chi connectivity index (χ1) is 15.7. The largest absolute Gasteiger partial charge is 0.333 e. The van der Waals surface area contributed by atoms with E-state index in [1.807, 2.05) is 35.0 Å². The molecule has 0 N–H and O–H groups in total. The molecular formula is C25H19N5O2. The maximum atomic E-state index is 10.9. The first kappa shape index (κ1) is 19.6. The zero-order valence-corrected chi connectivity index (χ0v) is 17.3. The number of benzene rings is 2. The second-order valence-electron chi connectivity index (χ2n) is 7.34. The summed E-state index contributed by atoms with van der Waals surface area (Å²) in [4.78, 5) is 19.7. The molecule has 5 aromatic rings. The van der Waals surface area contributed by atoms with E-state index >= 15 is 0 Å². The monoisotopic (exact) mass is 421 g/mol. The van der Waals surface area contributed by atoms with Crippen LogP contribution in [0.5, 0.6) is 0 Å². The second kappa shape index (κ2) is 8.39. The van der Waals surface area contributed by atoms with Gasteiger partial charge in [0.25, 0.3) is 5.89 Å². The van der Waals surface area contributed by atoms with Crippen molar-refractivity contribution in [1.82, 2.24) is 24.9 Å². The molecule has 0 fully saturated rings. The Morgan fingerprint density at radius 1 is 0.938 bits per heavy atom. The summed E-state index contributed by atoms with van der Waals surface area (Å²) in [5, 5.41) is 8.82. The molecule has 3 aromatic heterocycles. The van der Waals surface area contributed by atoms with Crippen molar-refractivity contribution in [3.8, 4) is 34.1 Å². The maximum absolute atomic E-state index is 10.9. The van der Waals surface area contributed by atoms with Crippen molar-refractivity contribution in [3.05, 3.63) is 96.4 Å². The van der Waals surface area contributed by atoms with Crippen molar-refractivity contribution in [1.29, 1.82) is 0 Å². The molecule has 0 spiro atoms. The van der Waals surface area contributed by atoms with E-state index < -0.39 is 0 Å². The highest BCUT2D eigenvalue weighted by Crippen LogP contribution is 2.35. The number of rotatable bonds is 6. The minimum atomic E-state index is -0.00797. The van der Waals surface area contributed by atoms with Crippen molar-refractivity contribution >= 4 is 6.29 Å². The van der Waals surface area contributed by atoms with Crippen LogP contribution in [0.1, 0.15) is 28.9 Å². The number of carbonyl (C=O) groups excluding carboxylic acids is 1. The fraction of sp³-hybridized carbons (Fsp3) is 0.0800. The molecule has 7 heteroatoms. The molecule has 0 saturated heterocycles. The lowest BCUT2D eigenvalue weighted by atomic mass is 10.1. The molecule has 0 aliphatic heterocycles. The lowest BCUT2D eigenvalue weighted by Gasteiger charge is -2.17. The number of aldehydes is 1. The molecule has 7 nitrogen and oxygen atoms in total.